The molecule has 0 aliphatic carbocycles. The van der Waals surface area contributed by atoms with Crippen LogP contribution in [0.25, 0.3) is 0 Å². The highest BCUT2D eigenvalue weighted by Crippen LogP contribution is 2.07. The van der Waals surface area contributed by atoms with Crippen molar-refractivity contribution in [3.8, 4) is 0 Å². The number of thiophene rings is 1. The molecule has 0 saturated carbocycles. The molecule has 0 spiro atoms. The van der Waals surface area contributed by atoms with Crippen molar-refractivity contribution in [2.24, 2.45) is 0 Å². The van der Waals surface area contributed by atoms with Crippen LogP contribution in [0.1, 0.15) is 27.5 Å². The Morgan fingerprint density at radius 3 is 3.00 bits per heavy atom. The van der Waals surface area contributed by atoms with E-state index in [1.807, 2.05) is 5.38 Å². The van der Waals surface area contributed by atoms with Gasteiger partial charge in [0.15, 0.2) is 12.4 Å². The fourth-order valence-corrected chi connectivity index (χ4v) is 2.12. The van der Waals surface area contributed by atoms with Crippen LogP contribution in [0.2, 0.25) is 0 Å². The maximum atomic E-state index is 11.6. The fourth-order valence-electron chi connectivity index (χ4n) is 1.48. The quantitative estimate of drug-likeness (QED) is 0.823. The first kappa shape index (κ1) is 14.3. The summed E-state index contributed by atoms with van der Waals surface area (Å²) in [5.74, 6) is -0.0809. The molecule has 0 aromatic carbocycles. The van der Waals surface area contributed by atoms with Gasteiger partial charge in [-0.25, -0.2) is 0 Å². The summed E-state index contributed by atoms with van der Waals surface area (Å²) in [6.45, 7) is 2.08. The second kappa shape index (κ2) is 6.85. The zero-order chi connectivity index (χ0) is 14.4. The van der Waals surface area contributed by atoms with E-state index < -0.39 is 5.97 Å². The number of amides is 1. The lowest BCUT2D eigenvalue weighted by atomic mass is 10.4. The Morgan fingerprint density at radius 2 is 2.35 bits per heavy atom. The van der Waals surface area contributed by atoms with Gasteiger partial charge in [0.25, 0.3) is 5.91 Å². The van der Waals surface area contributed by atoms with Gasteiger partial charge in [-0.3, -0.25) is 9.59 Å². The molecule has 0 saturated heterocycles. The SMILES string of the molecule is Cc1cc(COC(=O)CCNC(=O)c2cccs2)on1. The molecule has 2 heterocycles. The van der Waals surface area contributed by atoms with Crippen molar-refractivity contribution in [2.75, 3.05) is 6.54 Å². The van der Waals surface area contributed by atoms with Crippen molar-refractivity contribution in [1.82, 2.24) is 10.5 Å². The van der Waals surface area contributed by atoms with E-state index in [9.17, 15) is 9.59 Å². The van der Waals surface area contributed by atoms with Gasteiger partial charge in [-0.05, 0) is 18.4 Å². The molecule has 0 aliphatic heterocycles. The zero-order valence-corrected chi connectivity index (χ0v) is 11.7. The number of aryl methyl sites for hydroxylation is 1. The first-order valence-corrected chi connectivity index (χ1v) is 6.92. The third-order valence-electron chi connectivity index (χ3n) is 2.41. The average molecular weight is 294 g/mol. The lowest BCUT2D eigenvalue weighted by Crippen LogP contribution is -2.25. The normalized spacial score (nSPS) is 10.2. The number of esters is 1. The molecular formula is C13H14N2O4S. The predicted octanol–water partition coefficient (Wildman–Crippen LogP) is 1.91. The van der Waals surface area contributed by atoms with Gasteiger partial charge in [-0.2, -0.15) is 0 Å². The van der Waals surface area contributed by atoms with Crippen molar-refractivity contribution < 1.29 is 18.8 Å². The average Bonchev–Trinajstić information content (AvgIpc) is 3.07. The fraction of sp³-hybridized carbons (Fsp3) is 0.308. The van der Waals surface area contributed by atoms with Crippen LogP contribution in [-0.2, 0) is 16.1 Å². The highest BCUT2D eigenvalue weighted by atomic mass is 32.1. The first-order valence-electron chi connectivity index (χ1n) is 6.04. The monoisotopic (exact) mass is 294 g/mol. The van der Waals surface area contributed by atoms with Crippen molar-refractivity contribution in [2.45, 2.75) is 20.0 Å². The third kappa shape index (κ3) is 4.20. The molecule has 6 nitrogen and oxygen atoms in total. The summed E-state index contributed by atoms with van der Waals surface area (Å²) >= 11 is 1.35. The number of ether oxygens (including phenoxy) is 1. The smallest absolute Gasteiger partial charge is 0.308 e. The Bertz CT molecular complexity index is 577. The second-order valence-electron chi connectivity index (χ2n) is 4.08. The molecule has 0 unspecified atom stereocenters. The lowest BCUT2D eigenvalue weighted by molar-refractivity contribution is -0.145. The largest absolute Gasteiger partial charge is 0.457 e. The highest BCUT2D eigenvalue weighted by molar-refractivity contribution is 7.12. The molecule has 20 heavy (non-hydrogen) atoms. The number of carbonyl (C=O) groups excluding carboxylic acids is 2. The molecule has 2 aromatic rings. The molecule has 2 aromatic heterocycles. The molecule has 0 atom stereocenters. The summed E-state index contributed by atoms with van der Waals surface area (Å²) in [6.07, 6.45) is 0.115. The van der Waals surface area contributed by atoms with E-state index in [1.54, 1.807) is 25.1 Å². The minimum Gasteiger partial charge on any atom is -0.457 e. The van der Waals surface area contributed by atoms with Gasteiger partial charge < -0.3 is 14.6 Å². The van der Waals surface area contributed by atoms with Crippen LogP contribution in [0, 0.1) is 6.92 Å². The molecule has 0 aliphatic rings. The van der Waals surface area contributed by atoms with Gasteiger partial charge in [0.1, 0.15) is 0 Å². The Balaban J connectivity index is 1.64. The molecule has 106 valence electrons. The first-order chi connectivity index (χ1) is 9.65. The summed E-state index contributed by atoms with van der Waals surface area (Å²) in [7, 11) is 0. The molecule has 0 bridgehead atoms. The summed E-state index contributed by atoms with van der Waals surface area (Å²) in [5.41, 5.74) is 0.735. The molecular weight excluding hydrogens is 280 g/mol. The maximum Gasteiger partial charge on any atom is 0.308 e. The summed E-state index contributed by atoms with van der Waals surface area (Å²) in [4.78, 5) is 23.7. The summed E-state index contributed by atoms with van der Waals surface area (Å²) in [5, 5.41) is 8.16. The number of hydrogen-bond donors (Lipinski definition) is 1. The Hall–Kier alpha value is -2.15. The molecule has 2 rings (SSSR count). The van der Waals surface area contributed by atoms with E-state index in [0.717, 1.165) is 5.69 Å². The minimum atomic E-state index is -0.398. The van der Waals surface area contributed by atoms with E-state index in [4.69, 9.17) is 9.26 Å². The van der Waals surface area contributed by atoms with E-state index in [1.165, 1.54) is 11.3 Å². The van der Waals surface area contributed by atoms with Gasteiger partial charge in [0, 0.05) is 12.6 Å². The van der Waals surface area contributed by atoms with Crippen molar-refractivity contribution >= 4 is 23.2 Å². The van der Waals surface area contributed by atoms with Gasteiger partial charge in [-0.1, -0.05) is 11.2 Å². The third-order valence-corrected chi connectivity index (χ3v) is 3.28. The van der Waals surface area contributed by atoms with Gasteiger partial charge in [0.2, 0.25) is 0 Å². The predicted molar refractivity (Wildman–Crippen MR) is 72.3 cm³/mol. The van der Waals surface area contributed by atoms with Crippen molar-refractivity contribution in [1.29, 1.82) is 0 Å². The van der Waals surface area contributed by atoms with Crippen molar-refractivity contribution in [3.05, 3.63) is 39.9 Å². The molecule has 0 radical (unpaired) electrons. The van der Waals surface area contributed by atoms with Crippen LogP contribution in [0.4, 0.5) is 0 Å². The van der Waals surface area contributed by atoms with Crippen LogP contribution in [0.5, 0.6) is 0 Å². The Kier molecular flexibility index (Phi) is 4.89. The Morgan fingerprint density at radius 1 is 1.50 bits per heavy atom. The number of carbonyl (C=O) groups is 2. The van der Waals surface area contributed by atoms with Crippen LogP contribution >= 0.6 is 11.3 Å². The molecule has 1 N–H and O–H groups in total. The van der Waals surface area contributed by atoms with Crippen LogP contribution in [0.3, 0.4) is 0 Å². The van der Waals surface area contributed by atoms with E-state index in [0.29, 0.717) is 10.6 Å². The molecule has 0 fully saturated rings. The summed E-state index contributed by atoms with van der Waals surface area (Å²) < 4.78 is 9.90. The van der Waals surface area contributed by atoms with Gasteiger partial charge >= 0.3 is 5.97 Å². The number of aromatic nitrogens is 1. The highest BCUT2D eigenvalue weighted by Gasteiger charge is 2.09. The standard InChI is InChI=1S/C13H14N2O4S/c1-9-7-10(19-15-9)8-18-12(16)4-5-14-13(17)11-3-2-6-20-11/h2-3,6-7H,4-5,8H2,1H3,(H,14,17). The molecule has 1 amide bonds. The number of hydrogen-bond acceptors (Lipinski definition) is 6. The van der Waals surface area contributed by atoms with Gasteiger partial charge in [-0.15, -0.1) is 11.3 Å². The maximum absolute atomic E-state index is 11.6. The van der Waals surface area contributed by atoms with E-state index in [-0.39, 0.29) is 25.5 Å². The second-order valence-corrected chi connectivity index (χ2v) is 5.03. The Labute approximate surface area is 119 Å². The molecule has 7 heteroatoms. The van der Waals surface area contributed by atoms with Gasteiger partial charge in [0.05, 0.1) is 17.0 Å². The van der Waals surface area contributed by atoms with Crippen LogP contribution < -0.4 is 5.32 Å². The lowest BCUT2D eigenvalue weighted by Gasteiger charge is -2.04. The number of rotatable bonds is 6. The number of nitrogens with one attached hydrogen (secondary N) is 1. The van der Waals surface area contributed by atoms with Crippen LogP contribution in [0.15, 0.2) is 28.1 Å². The van der Waals surface area contributed by atoms with E-state index >= 15 is 0 Å². The topological polar surface area (TPSA) is 81.4 Å². The zero-order valence-electron chi connectivity index (χ0n) is 10.9. The number of nitrogens with zero attached hydrogens (tertiary/aromatic N) is 1. The minimum absolute atomic E-state index is 0.0541. The summed E-state index contributed by atoms with van der Waals surface area (Å²) in [6, 6.07) is 5.23. The van der Waals surface area contributed by atoms with Crippen molar-refractivity contribution in [3.63, 3.8) is 0 Å². The van der Waals surface area contributed by atoms with E-state index in [2.05, 4.69) is 10.5 Å². The van der Waals surface area contributed by atoms with Crippen LogP contribution in [-0.4, -0.2) is 23.6 Å².